The number of nitrogens with one attached hydrogen (secondary N) is 2. The maximum atomic E-state index is 12.2. The molecule has 7 nitrogen and oxygen atoms in total. The van der Waals surface area contributed by atoms with Crippen molar-refractivity contribution in [1.29, 1.82) is 0 Å². The van der Waals surface area contributed by atoms with E-state index in [-0.39, 0.29) is 23.4 Å². The molecule has 0 spiro atoms. The van der Waals surface area contributed by atoms with Gasteiger partial charge in [0.05, 0.1) is 5.69 Å². The highest BCUT2D eigenvalue weighted by atomic mass is 79.9. The molecule has 0 radical (unpaired) electrons. The van der Waals surface area contributed by atoms with Crippen molar-refractivity contribution in [2.24, 2.45) is 0 Å². The predicted octanol–water partition coefficient (Wildman–Crippen LogP) is 0.115. The molecule has 1 aliphatic rings. The monoisotopic (exact) mass is 361 g/mol. The Balaban J connectivity index is 2.23. The first-order chi connectivity index (χ1) is 9.29. The SMILES string of the molecule is Nc1cc(Br)ccc1S(=O)(=O)NC1CCC(=O)NC1=O. The van der Waals surface area contributed by atoms with Gasteiger partial charge >= 0.3 is 0 Å². The van der Waals surface area contributed by atoms with Gasteiger partial charge in [0, 0.05) is 10.9 Å². The second kappa shape index (κ2) is 5.51. The minimum absolute atomic E-state index is 0.0687. The lowest BCUT2D eigenvalue weighted by atomic mass is 10.1. The van der Waals surface area contributed by atoms with Gasteiger partial charge in [0.15, 0.2) is 0 Å². The number of nitrogen functional groups attached to an aromatic ring is 1. The van der Waals surface area contributed by atoms with Crippen LogP contribution in [0.15, 0.2) is 27.6 Å². The Morgan fingerprint density at radius 3 is 2.65 bits per heavy atom. The third-order valence-corrected chi connectivity index (χ3v) is 4.84. The Hall–Kier alpha value is -1.45. The number of hydrogen-bond acceptors (Lipinski definition) is 5. The van der Waals surface area contributed by atoms with Crippen LogP contribution in [0.5, 0.6) is 0 Å². The topological polar surface area (TPSA) is 118 Å². The van der Waals surface area contributed by atoms with Gasteiger partial charge in [0.2, 0.25) is 21.8 Å². The number of carbonyl (C=O) groups is 2. The zero-order valence-electron chi connectivity index (χ0n) is 10.2. The number of piperidine rings is 1. The van der Waals surface area contributed by atoms with Crippen LogP contribution in [-0.2, 0) is 19.6 Å². The molecular formula is C11H12BrN3O4S. The van der Waals surface area contributed by atoms with Crippen LogP contribution < -0.4 is 15.8 Å². The van der Waals surface area contributed by atoms with E-state index in [2.05, 4.69) is 26.0 Å². The van der Waals surface area contributed by atoms with Gasteiger partial charge in [0.25, 0.3) is 0 Å². The normalized spacial score (nSPS) is 19.8. The maximum absolute atomic E-state index is 12.2. The maximum Gasteiger partial charge on any atom is 0.244 e. The number of anilines is 1. The predicted molar refractivity (Wildman–Crippen MR) is 75.0 cm³/mol. The van der Waals surface area contributed by atoms with Crippen molar-refractivity contribution in [3.05, 3.63) is 22.7 Å². The summed E-state index contributed by atoms with van der Waals surface area (Å²) in [4.78, 5) is 22.5. The van der Waals surface area contributed by atoms with E-state index in [4.69, 9.17) is 5.73 Å². The van der Waals surface area contributed by atoms with E-state index in [1.54, 1.807) is 0 Å². The number of benzene rings is 1. The first kappa shape index (κ1) is 14.9. The molecule has 2 amide bonds. The quantitative estimate of drug-likeness (QED) is 0.521. The fourth-order valence-electron chi connectivity index (χ4n) is 1.82. The van der Waals surface area contributed by atoms with E-state index in [0.717, 1.165) is 0 Å². The highest BCUT2D eigenvalue weighted by Crippen LogP contribution is 2.23. The Bertz CT molecular complexity index is 674. The third kappa shape index (κ3) is 3.17. The first-order valence-electron chi connectivity index (χ1n) is 5.70. The van der Waals surface area contributed by atoms with E-state index in [0.29, 0.717) is 4.47 Å². The Kier molecular flexibility index (Phi) is 4.11. The van der Waals surface area contributed by atoms with Crippen molar-refractivity contribution in [3.63, 3.8) is 0 Å². The number of sulfonamides is 1. The Labute approximate surface area is 124 Å². The molecule has 0 aromatic heterocycles. The zero-order valence-corrected chi connectivity index (χ0v) is 12.6. The molecular weight excluding hydrogens is 350 g/mol. The Morgan fingerprint density at radius 2 is 2.05 bits per heavy atom. The van der Waals surface area contributed by atoms with Gasteiger partial charge < -0.3 is 5.73 Å². The van der Waals surface area contributed by atoms with Crippen molar-refractivity contribution in [3.8, 4) is 0 Å². The summed E-state index contributed by atoms with van der Waals surface area (Å²) in [5.41, 5.74) is 5.73. The van der Waals surface area contributed by atoms with E-state index in [9.17, 15) is 18.0 Å². The molecule has 1 aromatic rings. The standard InChI is InChI=1S/C11H12BrN3O4S/c12-6-1-3-9(7(13)5-6)20(18,19)15-8-2-4-10(16)14-11(8)17/h1,3,5,8,15H,2,4,13H2,(H,14,16,17). The highest BCUT2D eigenvalue weighted by Gasteiger charge is 2.31. The summed E-state index contributed by atoms with van der Waals surface area (Å²) >= 11 is 3.18. The molecule has 1 unspecified atom stereocenters. The summed E-state index contributed by atoms with van der Waals surface area (Å²) in [5, 5.41) is 2.08. The lowest BCUT2D eigenvalue weighted by Crippen LogP contribution is -2.52. The number of amides is 2. The molecule has 108 valence electrons. The lowest BCUT2D eigenvalue weighted by Gasteiger charge is -2.22. The number of nitrogens with two attached hydrogens (primary N) is 1. The van der Waals surface area contributed by atoms with Gasteiger partial charge in [0.1, 0.15) is 10.9 Å². The van der Waals surface area contributed by atoms with Crippen LogP contribution in [0.3, 0.4) is 0 Å². The third-order valence-electron chi connectivity index (χ3n) is 2.80. The van der Waals surface area contributed by atoms with Crippen LogP contribution in [0.25, 0.3) is 0 Å². The highest BCUT2D eigenvalue weighted by molar-refractivity contribution is 9.10. The summed E-state index contributed by atoms with van der Waals surface area (Å²) < 4.78 is 27.3. The Morgan fingerprint density at radius 1 is 1.35 bits per heavy atom. The second-order valence-electron chi connectivity index (χ2n) is 4.31. The molecule has 4 N–H and O–H groups in total. The second-order valence-corrected chi connectivity index (χ2v) is 6.91. The number of hydrogen-bond donors (Lipinski definition) is 3. The van der Waals surface area contributed by atoms with Crippen molar-refractivity contribution in [2.75, 3.05) is 5.73 Å². The van der Waals surface area contributed by atoms with Gasteiger partial charge in [-0.3, -0.25) is 14.9 Å². The lowest BCUT2D eigenvalue weighted by molar-refractivity contribution is -0.134. The van der Waals surface area contributed by atoms with Crippen LogP contribution in [0.2, 0.25) is 0 Å². The van der Waals surface area contributed by atoms with Crippen LogP contribution in [0.1, 0.15) is 12.8 Å². The molecule has 1 atom stereocenters. The summed E-state index contributed by atoms with van der Waals surface area (Å²) in [6, 6.07) is 3.36. The van der Waals surface area contributed by atoms with E-state index in [1.807, 2.05) is 0 Å². The molecule has 9 heteroatoms. The summed E-state index contributed by atoms with van der Waals surface area (Å²) in [5.74, 6) is -1.06. The molecule has 1 saturated heterocycles. The van der Waals surface area contributed by atoms with Crippen molar-refractivity contribution in [2.45, 2.75) is 23.8 Å². The van der Waals surface area contributed by atoms with Gasteiger partial charge in [-0.2, -0.15) is 4.72 Å². The van der Waals surface area contributed by atoms with Crippen molar-refractivity contribution >= 4 is 43.5 Å². The van der Waals surface area contributed by atoms with Crippen LogP contribution in [-0.4, -0.2) is 26.3 Å². The number of imide groups is 1. The molecule has 1 aliphatic heterocycles. The van der Waals surface area contributed by atoms with E-state index < -0.39 is 27.9 Å². The van der Waals surface area contributed by atoms with Gasteiger partial charge in [-0.1, -0.05) is 15.9 Å². The first-order valence-corrected chi connectivity index (χ1v) is 7.98. The molecule has 0 bridgehead atoms. The fraction of sp³-hybridized carbons (Fsp3) is 0.273. The van der Waals surface area contributed by atoms with Crippen LogP contribution in [0, 0.1) is 0 Å². The zero-order chi connectivity index (χ0) is 14.9. The fourth-order valence-corrected chi connectivity index (χ4v) is 3.54. The molecule has 1 heterocycles. The van der Waals surface area contributed by atoms with E-state index >= 15 is 0 Å². The van der Waals surface area contributed by atoms with Crippen LogP contribution in [0.4, 0.5) is 5.69 Å². The average molecular weight is 362 g/mol. The molecule has 2 rings (SSSR count). The minimum Gasteiger partial charge on any atom is -0.398 e. The largest absolute Gasteiger partial charge is 0.398 e. The van der Waals surface area contributed by atoms with Gasteiger partial charge in [-0.15, -0.1) is 0 Å². The van der Waals surface area contributed by atoms with Crippen molar-refractivity contribution < 1.29 is 18.0 Å². The minimum atomic E-state index is -3.93. The summed E-state index contributed by atoms with van der Waals surface area (Å²) in [7, 11) is -3.93. The average Bonchev–Trinajstić information content (AvgIpc) is 2.32. The molecule has 0 aliphatic carbocycles. The van der Waals surface area contributed by atoms with Gasteiger partial charge in [-0.05, 0) is 24.6 Å². The van der Waals surface area contributed by atoms with E-state index in [1.165, 1.54) is 18.2 Å². The summed E-state index contributed by atoms with van der Waals surface area (Å²) in [6.45, 7) is 0. The van der Waals surface area contributed by atoms with Crippen LogP contribution >= 0.6 is 15.9 Å². The van der Waals surface area contributed by atoms with Crippen molar-refractivity contribution in [1.82, 2.24) is 10.0 Å². The molecule has 0 saturated carbocycles. The number of halogens is 1. The molecule has 1 aromatic carbocycles. The number of carbonyl (C=O) groups excluding carboxylic acids is 2. The molecule has 20 heavy (non-hydrogen) atoms. The van der Waals surface area contributed by atoms with Gasteiger partial charge in [-0.25, -0.2) is 8.42 Å². The number of rotatable bonds is 3. The molecule has 1 fully saturated rings. The summed E-state index contributed by atoms with van der Waals surface area (Å²) in [6.07, 6.45) is 0.217. The smallest absolute Gasteiger partial charge is 0.244 e.